The summed E-state index contributed by atoms with van der Waals surface area (Å²) in [5, 5.41) is 5.15. The van der Waals surface area contributed by atoms with Crippen molar-refractivity contribution in [3.8, 4) is 17.0 Å². The second-order valence-electron chi connectivity index (χ2n) is 6.52. The molecule has 1 amide bonds. The zero-order valence-electron chi connectivity index (χ0n) is 15.3. The van der Waals surface area contributed by atoms with Gasteiger partial charge >= 0.3 is 0 Å². The maximum atomic E-state index is 13.4. The fourth-order valence-corrected chi connectivity index (χ4v) is 3.68. The Kier molecular flexibility index (Phi) is 4.62. The topological polar surface area (TPSA) is 47.4 Å². The summed E-state index contributed by atoms with van der Waals surface area (Å²) in [6, 6.07) is 15.2. The lowest BCUT2D eigenvalue weighted by atomic mass is 10.0. The molecular weight excluding hydrogens is 362 g/mol. The van der Waals surface area contributed by atoms with Gasteiger partial charge in [-0.05, 0) is 36.8 Å². The van der Waals surface area contributed by atoms with Crippen molar-refractivity contribution < 1.29 is 9.53 Å². The van der Waals surface area contributed by atoms with Gasteiger partial charge in [0.05, 0.1) is 5.69 Å². The molecule has 0 fully saturated rings. The molecule has 2 heterocycles. The van der Waals surface area contributed by atoms with Crippen LogP contribution in [-0.4, -0.2) is 22.2 Å². The van der Waals surface area contributed by atoms with Crippen molar-refractivity contribution in [2.45, 2.75) is 20.0 Å². The fourth-order valence-electron chi connectivity index (χ4n) is 3.49. The molecule has 0 saturated carbocycles. The monoisotopic (exact) mass is 381 g/mol. The Morgan fingerprint density at radius 1 is 1.26 bits per heavy atom. The van der Waals surface area contributed by atoms with E-state index < -0.39 is 0 Å². The van der Waals surface area contributed by atoms with Gasteiger partial charge in [0.1, 0.15) is 12.4 Å². The van der Waals surface area contributed by atoms with Crippen LogP contribution in [0.4, 0.5) is 5.69 Å². The summed E-state index contributed by atoms with van der Waals surface area (Å²) in [7, 11) is 1.86. The highest BCUT2D eigenvalue weighted by Crippen LogP contribution is 2.38. The predicted molar refractivity (Wildman–Crippen MR) is 106 cm³/mol. The second-order valence-corrected chi connectivity index (χ2v) is 6.96. The molecule has 0 radical (unpaired) electrons. The van der Waals surface area contributed by atoms with E-state index in [-0.39, 0.29) is 5.91 Å². The van der Waals surface area contributed by atoms with Crippen LogP contribution in [0.1, 0.15) is 29.4 Å². The third-order valence-electron chi connectivity index (χ3n) is 4.67. The minimum atomic E-state index is -0.140. The highest BCUT2D eigenvalue weighted by Gasteiger charge is 2.30. The predicted octanol–water partition coefficient (Wildman–Crippen LogP) is 4.69. The zero-order valence-corrected chi connectivity index (χ0v) is 16.0. The van der Waals surface area contributed by atoms with Crippen LogP contribution in [-0.2, 0) is 13.7 Å². The van der Waals surface area contributed by atoms with Crippen LogP contribution in [0.3, 0.4) is 0 Å². The number of aryl methyl sites for hydroxylation is 1. The Morgan fingerprint density at radius 2 is 2.07 bits per heavy atom. The Bertz CT molecular complexity index is 1010. The molecule has 27 heavy (non-hydrogen) atoms. The number of aromatic nitrogens is 2. The Hall–Kier alpha value is -2.79. The van der Waals surface area contributed by atoms with Crippen molar-refractivity contribution in [2.75, 3.05) is 11.4 Å². The summed E-state index contributed by atoms with van der Waals surface area (Å²) < 4.78 is 7.64. The van der Waals surface area contributed by atoms with E-state index in [0.29, 0.717) is 23.9 Å². The molecule has 0 atom stereocenters. The quantitative estimate of drug-likeness (QED) is 0.658. The lowest BCUT2D eigenvalue weighted by molar-refractivity contribution is 0.0979. The molecule has 0 unspecified atom stereocenters. The van der Waals surface area contributed by atoms with Crippen molar-refractivity contribution in [2.24, 2.45) is 7.05 Å². The first-order valence-electron chi connectivity index (χ1n) is 8.95. The minimum absolute atomic E-state index is 0.140. The van der Waals surface area contributed by atoms with Gasteiger partial charge in [0.2, 0.25) is 0 Å². The van der Waals surface area contributed by atoms with Gasteiger partial charge in [0, 0.05) is 35.4 Å². The molecule has 0 bridgehead atoms. The number of halogens is 1. The highest BCUT2D eigenvalue weighted by molar-refractivity contribution is 6.31. The molecule has 0 N–H and O–H groups in total. The summed E-state index contributed by atoms with van der Waals surface area (Å²) in [6.07, 6.45) is 0.826. The van der Waals surface area contributed by atoms with E-state index in [0.717, 1.165) is 34.7 Å². The Balaban J connectivity index is 1.79. The maximum absolute atomic E-state index is 13.4. The van der Waals surface area contributed by atoms with E-state index in [2.05, 4.69) is 5.10 Å². The molecule has 1 aliphatic rings. The standard InChI is InChI=1S/C21H20ClN3O2/c1-3-11-25(15-8-6-7-14(22)12-15)21(26)19-17-13-27-18-10-5-4-9-16(18)20(17)24(2)23-19/h4-10,12H,3,11,13H2,1-2H3. The van der Waals surface area contributed by atoms with Crippen LogP contribution in [0, 0.1) is 0 Å². The molecule has 0 saturated heterocycles. The summed E-state index contributed by atoms with van der Waals surface area (Å²) >= 11 is 6.14. The van der Waals surface area contributed by atoms with Gasteiger partial charge in [-0.15, -0.1) is 0 Å². The summed E-state index contributed by atoms with van der Waals surface area (Å²) in [4.78, 5) is 15.1. The number of carbonyl (C=O) groups excluding carboxylic acids is 1. The minimum Gasteiger partial charge on any atom is -0.488 e. The first-order chi connectivity index (χ1) is 13.1. The number of para-hydroxylation sites is 1. The van der Waals surface area contributed by atoms with Crippen LogP contribution in [0.25, 0.3) is 11.3 Å². The number of benzene rings is 2. The number of amides is 1. The van der Waals surface area contributed by atoms with Crippen LogP contribution in [0.15, 0.2) is 48.5 Å². The van der Waals surface area contributed by atoms with Crippen LogP contribution in [0.5, 0.6) is 5.75 Å². The molecule has 5 nitrogen and oxygen atoms in total. The van der Waals surface area contributed by atoms with E-state index in [9.17, 15) is 4.79 Å². The molecule has 138 valence electrons. The summed E-state index contributed by atoms with van der Waals surface area (Å²) in [5.41, 5.74) is 3.91. The average Bonchev–Trinajstić information content (AvgIpc) is 3.03. The maximum Gasteiger partial charge on any atom is 0.279 e. The van der Waals surface area contributed by atoms with E-state index >= 15 is 0 Å². The zero-order chi connectivity index (χ0) is 19.0. The van der Waals surface area contributed by atoms with E-state index in [1.54, 1.807) is 21.7 Å². The van der Waals surface area contributed by atoms with Gasteiger partial charge in [0.25, 0.3) is 5.91 Å². The number of carbonyl (C=O) groups is 1. The van der Waals surface area contributed by atoms with Crippen molar-refractivity contribution >= 4 is 23.2 Å². The second kappa shape index (κ2) is 7.08. The number of nitrogens with zero attached hydrogens (tertiary/aromatic N) is 3. The van der Waals surface area contributed by atoms with E-state index in [1.165, 1.54) is 0 Å². The number of hydrogen-bond acceptors (Lipinski definition) is 3. The average molecular weight is 382 g/mol. The van der Waals surface area contributed by atoms with Gasteiger partial charge in [0.15, 0.2) is 5.69 Å². The van der Waals surface area contributed by atoms with Gasteiger partial charge in [-0.3, -0.25) is 9.48 Å². The van der Waals surface area contributed by atoms with Crippen LogP contribution in [0.2, 0.25) is 5.02 Å². The largest absolute Gasteiger partial charge is 0.488 e. The molecule has 2 aromatic carbocycles. The molecule has 4 rings (SSSR count). The van der Waals surface area contributed by atoms with Crippen molar-refractivity contribution in [1.29, 1.82) is 0 Å². The molecule has 3 aromatic rings. The molecule has 1 aliphatic heterocycles. The first-order valence-corrected chi connectivity index (χ1v) is 9.33. The van der Waals surface area contributed by atoms with Crippen molar-refractivity contribution in [3.05, 3.63) is 64.8 Å². The van der Waals surface area contributed by atoms with Gasteiger partial charge in [-0.2, -0.15) is 5.10 Å². The lowest BCUT2D eigenvalue weighted by Crippen LogP contribution is -2.33. The lowest BCUT2D eigenvalue weighted by Gasteiger charge is -2.23. The van der Waals surface area contributed by atoms with Crippen LogP contribution >= 0.6 is 11.6 Å². The third kappa shape index (κ3) is 3.08. The molecule has 1 aromatic heterocycles. The molecule has 0 aliphatic carbocycles. The highest BCUT2D eigenvalue weighted by atomic mass is 35.5. The normalized spacial score (nSPS) is 12.1. The smallest absolute Gasteiger partial charge is 0.279 e. The number of ether oxygens (including phenoxy) is 1. The molecule has 0 spiro atoms. The molecular formula is C21H20ClN3O2. The van der Waals surface area contributed by atoms with Gasteiger partial charge < -0.3 is 9.64 Å². The number of hydrogen-bond donors (Lipinski definition) is 0. The molecule has 6 heteroatoms. The first kappa shape index (κ1) is 17.6. The van der Waals surface area contributed by atoms with Crippen LogP contribution < -0.4 is 9.64 Å². The Morgan fingerprint density at radius 3 is 2.85 bits per heavy atom. The summed E-state index contributed by atoms with van der Waals surface area (Å²) in [5.74, 6) is 0.672. The van der Waals surface area contributed by atoms with Crippen molar-refractivity contribution in [1.82, 2.24) is 9.78 Å². The third-order valence-corrected chi connectivity index (χ3v) is 4.91. The number of rotatable bonds is 4. The SMILES string of the molecule is CCCN(C(=O)c1nn(C)c2c1COc1ccccc1-2)c1cccc(Cl)c1. The van der Waals surface area contributed by atoms with Gasteiger partial charge in [-0.1, -0.05) is 36.7 Å². The number of fused-ring (bicyclic) bond motifs is 3. The van der Waals surface area contributed by atoms with E-state index in [1.807, 2.05) is 50.4 Å². The summed E-state index contributed by atoms with van der Waals surface area (Å²) in [6.45, 7) is 2.96. The van der Waals surface area contributed by atoms with Crippen molar-refractivity contribution in [3.63, 3.8) is 0 Å². The van der Waals surface area contributed by atoms with E-state index in [4.69, 9.17) is 16.3 Å². The number of anilines is 1. The van der Waals surface area contributed by atoms with Gasteiger partial charge in [-0.25, -0.2) is 0 Å². The fraction of sp³-hybridized carbons (Fsp3) is 0.238. The Labute approximate surface area is 163 Å².